The second-order valence-electron chi connectivity index (χ2n) is 7.76. The van der Waals surface area contributed by atoms with E-state index in [-0.39, 0.29) is 29.5 Å². The molecule has 1 saturated heterocycles. The van der Waals surface area contributed by atoms with E-state index in [4.69, 9.17) is 0 Å². The monoisotopic (exact) mass is 398 g/mol. The van der Waals surface area contributed by atoms with Gasteiger partial charge in [0.1, 0.15) is 5.82 Å². The number of aromatic nitrogens is 3. The fourth-order valence-electron chi connectivity index (χ4n) is 4.23. The first kappa shape index (κ1) is 18.3. The number of sulfone groups is 1. The van der Waals surface area contributed by atoms with Crippen LogP contribution in [-0.4, -0.2) is 63.3 Å². The maximum Gasteiger partial charge on any atom is 0.233 e. The van der Waals surface area contributed by atoms with E-state index in [9.17, 15) is 13.2 Å². The number of thioether (sulfide) groups is 1. The van der Waals surface area contributed by atoms with Gasteiger partial charge in [-0.2, -0.15) is 0 Å². The molecule has 144 valence electrons. The van der Waals surface area contributed by atoms with Crippen molar-refractivity contribution in [1.82, 2.24) is 19.7 Å². The molecule has 1 aromatic heterocycles. The molecule has 4 rings (SSSR count). The van der Waals surface area contributed by atoms with Gasteiger partial charge >= 0.3 is 0 Å². The smallest absolute Gasteiger partial charge is 0.233 e. The first-order valence-electron chi connectivity index (χ1n) is 9.48. The summed E-state index contributed by atoms with van der Waals surface area (Å²) in [5.41, 5.74) is 0. The van der Waals surface area contributed by atoms with Gasteiger partial charge in [-0.25, -0.2) is 8.42 Å². The predicted molar refractivity (Wildman–Crippen MR) is 99.9 cm³/mol. The Kier molecular flexibility index (Phi) is 5.02. The summed E-state index contributed by atoms with van der Waals surface area (Å²) in [5.74, 6) is 2.19. The standard InChI is InChI=1S/C17H26N4O3S2/c1-20-16(12-6-7-12)18-19-17(20)25-10-15(22)21(13-4-2-3-5-13)14-8-9-26(23,24)11-14/h12-14H,2-11H2,1H3/t14-/m0/s1. The molecule has 0 N–H and O–H groups in total. The number of hydrogen-bond acceptors (Lipinski definition) is 6. The molecule has 0 unspecified atom stereocenters. The molecule has 1 atom stereocenters. The summed E-state index contributed by atoms with van der Waals surface area (Å²) >= 11 is 1.42. The Bertz CT molecular complexity index is 782. The van der Waals surface area contributed by atoms with Gasteiger partial charge in [0.05, 0.1) is 17.3 Å². The van der Waals surface area contributed by atoms with Gasteiger partial charge in [0.2, 0.25) is 5.91 Å². The number of carbonyl (C=O) groups is 1. The lowest BCUT2D eigenvalue weighted by atomic mass is 10.1. The normalized spacial score (nSPS) is 25.7. The van der Waals surface area contributed by atoms with Crippen LogP contribution < -0.4 is 0 Å². The van der Waals surface area contributed by atoms with Gasteiger partial charge < -0.3 is 9.47 Å². The number of rotatable bonds is 6. The molecule has 2 saturated carbocycles. The van der Waals surface area contributed by atoms with Gasteiger partial charge in [-0.05, 0) is 32.1 Å². The molecule has 3 fully saturated rings. The number of carbonyl (C=O) groups excluding carboxylic acids is 1. The highest BCUT2D eigenvalue weighted by Gasteiger charge is 2.39. The van der Waals surface area contributed by atoms with E-state index >= 15 is 0 Å². The highest BCUT2D eigenvalue weighted by molar-refractivity contribution is 7.99. The fraction of sp³-hybridized carbons (Fsp3) is 0.824. The fourth-order valence-corrected chi connectivity index (χ4v) is 6.73. The highest BCUT2D eigenvalue weighted by atomic mass is 32.2. The van der Waals surface area contributed by atoms with Crippen LogP contribution in [0.3, 0.4) is 0 Å². The van der Waals surface area contributed by atoms with Crippen LogP contribution in [-0.2, 0) is 21.7 Å². The summed E-state index contributed by atoms with van der Waals surface area (Å²) in [6.45, 7) is 0. The Labute approximate surface area is 158 Å². The summed E-state index contributed by atoms with van der Waals surface area (Å²) in [5, 5.41) is 9.27. The summed E-state index contributed by atoms with van der Waals surface area (Å²) in [6, 6.07) is 0.0423. The van der Waals surface area contributed by atoms with Crippen molar-refractivity contribution in [2.45, 2.75) is 68.1 Å². The first-order chi connectivity index (χ1) is 12.4. The van der Waals surface area contributed by atoms with E-state index in [1.54, 1.807) is 0 Å². The minimum absolute atomic E-state index is 0.0416. The molecule has 9 heteroatoms. The molecular weight excluding hydrogens is 372 g/mol. The molecule has 2 heterocycles. The maximum atomic E-state index is 13.0. The van der Waals surface area contributed by atoms with Crippen LogP contribution in [0.2, 0.25) is 0 Å². The maximum absolute atomic E-state index is 13.0. The summed E-state index contributed by atoms with van der Waals surface area (Å²) < 4.78 is 25.8. The predicted octanol–water partition coefficient (Wildman–Crippen LogP) is 1.74. The molecule has 3 aliphatic rings. The van der Waals surface area contributed by atoms with Crippen LogP contribution in [0.1, 0.15) is 56.7 Å². The molecule has 1 amide bonds. The van der Waals surface area contributed by atoms with Crippen molar-refractivity contribution in [2.24, 2.45) is 7.05 Å². The Hall–Kier alpha value is -1.09. The Morgan fingerprint density at radius 1 is 1.15 bits per heavy atom. The van der Waals surface area contributed by atoms with E-state index in [1.807, 2.05) is 16.5 Å². The lowest BCUT2D eigenvalue weighted by Gasteiger charge is -2.34. The zero-order valence-corrected chi connectivity index (χ0v) is 16.8. The van der Waals surface area contributed by atoms with Crippen LogP contribution in [0.15, 0.2) is 5.16 Å². The quantitative estimate of drug-likeness (QED) is 0.679. The topological polar surface area (TPSA) is 85.2 Å². The summed E-state index contributed by atoms with van der Waals surface area (Å²) in [7, 11) is -1.05. The largest absolute Gasteiger partial charge is 0.335 e. The average molecular weight is 399 g/mol. The van der Waals surface area contributed by atoms with Crippen molar-refractivity contribution in [1.29, 1.82) is 0 Å². The third kappa shape index (κ3) is 3.78. The van der Waals surface area contributed by atoms with E-state index in [2.05, 4.69) is 10.2 Å². The van der Waals surface area contributed by atoms with Crippen LogP contribution in [0.5, 0.6) is 0 Å². The van der Waals surface area contributed by atoms with Gasteiger partial charge in [-0.1, -0.05) is 24.6 Å². The molecule has 2 aliphatic carbocycles. The first-order valence-corrected chi connectivity index (χ1v) is 12.3. The minimum atomic E-state index is -3.00. The molecule has 1 aromatic rings. The molecule has 0 spiro atoms. The van der Waals surface area contributed by atoms with Gasteiger partial charge in [0, 0.05) is 25.0 Å². The van der Waals surface area contributed by atoms with Crippen molar-refractivity contribution in [3.63, 3.8) is 0 Å². The van der Waals surface area contributed by atoms with Gasteiger partial charge in [-0.15, -0.1) is 10.2 Å². The second kappa shape index (κ2) is 7.14. The van der Waals surface area contributed by atoms with E-state index in [1.165, 1.54) is 24.6 Å². The van der Waals surface area contributed by atoms with Crippen LogP contribution in [0.4, 0.5) is 0 Å². The third-order valence-electron chi connectivity index (χ3n) is 5.74. The number of hydrogen-bond donors (Lipinski definition) is 0. The van der Waals surface area contributed by atoms with Crippen LogP contribution in [0, 0.1) is 0 Å². The van der Waals surface area contributed by atoms with Crippen molar-refractivity contribution in [3.8, 4) is 0 Å². The summed E-state index contributed by atoms with van der Waals surface area (Å²) in [6.07, 6.45) is 7.13. The van der Waals surface area contributed by atoms with Gasteiger partial charge in [0.25, 0.3) is 0 Å². The average Bonchev–Trinajstić information content (AvgIpc) is 2.99. The zero-order chi connectivity index (χ0) is 18.3. The SMILES string of the molecule is Cn1c(SCC(=O)N(C2CCCC2)[C@H]2CCS(=O)(=O)C2)nnc1C1CC1. The third-order valence-corrected chi connectivity index (χ3v) is 8.50. The minimum Gasteiger partial charge on any atom is -0.335 e. The Balaban J connectivity index is 1.44. The molecule has 0 bridgehead atoms. The van der Waals surface area contributed by atoms with Crippen LogP contribution >= 0.6 is 11.8 Å². The Morgan fingerprint density at radius 3 is 2.50 bits per heavy atom. The number of nitrogens with zero attached hydrogens (tertiary/aromatic N) is 4. The van der Waals surface area contributed by atoms with Crippen molar-refractivity contribution >= 4 is 27.5 Å². The zero-order valence-electron chi connectivity index (χ0n) is 15.1. The Morgan fingerprint density at radius 2 is 1.88 bits per heavy atom. The molecule has 1 aliphatic heterocycles. The summed E-state index contributed by atoms with van der Waals surface area (Å²) in [4.78, 5) is 14.9. The molecule has 0 radical (unpaired) electrons. The van der Waals surface area contributed by atoms with Crippen molar-refractivity contribution in [2.75, 3.05) is 17.3 Å². The van der Waals surface area contributed by atoms with Gasteiger partial charge in [0.15, 0.2) is 15.0 Å². The lowest BCUT2D eigenvalue weighted by Crippen LogP contribution is -2.47. The molecular formula is C17H26N4O3S2. The lowest BCUT2D eigenvalue weighted by molar-refractivity contribution is -0.132. The molecule has 7 nitrogen and oxygen atoms in total. The van der Waals surface area contributed by atoms with E-state index in [0.29, 0.717) is 18.1 Å². The van der Waals surface area contributed by atoms with Gasteiger partial charge in [-0.3, -0.25) is 4.79 Å². The second-order valence-corrected chi connectivity index (χ2v) is 10.9. The molecule has 0 aromatic carbocycles. The van der Waals surface area contributed by atoms with E-state index < -0.39 is 9.84 Å². The number of amides is 1. The van der Waals surface area contributed by atoms with Crippen molar-refractivity contribution in [3.05, 3.63) is 5.82 Å². The van der Waals surface area contributed by atoms with E-state index in [0.717, 1.165) is 36.7 Å². The highest BCUT2D eigenvalue weighted by Crippen LogP contribution is 2.39. The van der Waals surface area contributed by atoms with Crippen LogP contribution in [0.25, 0.3) is 0 Å². The molecule has 26 heavy (non-hydrogen) atoms. The van der Waals surface area contributed by atoms with Crippen molar-refractivity contribution < 1.29 is 13.2 Å².